The van der Waals surface area contributed by atoms with Crippen molar-refractivity contribution in [3.63, 3.8) is 0 Å². The van der Waals surface area contributed by atoms with Gasteiger partial charge in [0.2, 0.25) is 0 Å². The first-order valence-electron chi connectivity index (χ1n) is 18.2. The summed E-state index contributed by atoms with van der Waals surface area (Å²) < 4.78 is 8.76. The van der Waals surface area contributed by atoms with Crippen molar-refractivity contribution in [3.05, 3.63) is 203 Å². The van der Waals surface area contributed by atoms with Gasteiger partial charge in [0.15, 0.2) is 0 Å². The molecular formula is C50H30N2O. The SMILES string of the molecule is C1=Cc2ccc(-c3ccc4c(c3)c3cccnc3n4-c3ccccc3)cc2C2(c3ccccc31)c1ccccc1-c1cc3oc4ccccc4c3cc12. The molecule has 3 aromatic heterocycles. The maximum absolute atomic E-state index is 6.49. The van der Waals surface area contributed by atoms with E-state index in [4.69, 9.17) is 9.40 Å². The molecule has 7 aromatic carbocycles. The Morgan fingerprint density at radius 2 is 1.19 bits per heavy atom. The Kier molecular flexibility index (Phi) is 5.70. The quantitative estimate of drug-likeness (QED) is 0.183. The lowest BCUT2D eigenvalue weighted by Crippen LogP contribution is -2.30. The van der Waals surface area contributed by atoms with Gasteiger partial charge in [0.25, 0.3) is 0 Å². The van der Waals surface area contributed by atoms with Gasteiger partial charge in [-0.05, 0) is 116 Å². The number of nitrogens with zero attached hydrogens (tertiary/aromatic N) is 2. The molecule has 1 atom stereocenters. The molecule has 3 nitrogen and oxygen atoms in total. The van der Waals surface area contributed by atoms with Crippen LogP contribution >= 0.6 is 0 Å². The highest BCUT2D eigenvalue weighted by atomic mass is 16.3. The average Bonchev–Trinajstić information content (AvgIpc) is 3.81. The van der Waals surface area contributed by atoms with Gasteiger partial charge in [0.1, 0.15) is 16.8 Å². The molecule has 53 heavy (non-hydrogen) atoms. The molecule has 0 amide bonds. The fourth-order valence-electron chi connectivity index (χ4n) is 9.45. The first kappa shape index (κ1) is 28.7. The van der Waals surface area contributed by atoms with Crippen LogP contribution in [0.15, 0.2) is 174 Å². The molecule has 3 heteroatoms. The molecule has 0 saturated carbocycles. The minimum absolute atomic E-state index is 0.554. The second-order valence-electron chi connectivity index (χ2n) is 14.3. The number of hydrogen-bond acceptors (Lipinski definition) is 2. The van der Waals surface area contributed by atoms with Crippen LogP contribution in [-0.2, 0) is 5.41 Å². The Bertz CT molecular complexity index is 3180. The van der Waals surface area contributed by atoms with E-state index in [1.165, 1.54) is 61.0 Å². The summed E-state index contributed by atoms with van der Waals surface area (Å²) in [7, 11) is 0. The molecule has 2 aliphatic rings. The summed E-state index contributed by atoms with van der Waals surface area (Å²) in [6, 6.07) is 59.7. The third-order valence-electron chi connectivity index (χ3n) is 11.7. The van der Waals surface area contributed by atoms with Crippen molar-refractivity contribution in [2.24, 2.45) is 0 Å². The molecular weight excluding hydrogens is 645 g/mol. The third kappa shape index (κ3) is 3.80. The molecule has 3 heterocycles. The Morgan fingerprint density at radius 1 is 0.453 bits per heavy atom. The highest BCUT2D eigenvalue weighted by Gasteiger charge is 2.49. The van der Waals surface area contributed by atoms with E-state index in [0.29, 0.717) is 0 Å². The van der Waals surface area contributed by atoms with E-state index in [2.05, 4.69) is 168 Å². The predicted octanol–water partition coefficient (Wildman–Crippen LogP) is 12.6. The van der Waals surface area contributed by atoms with E-state index in [9.17, 15) is 0 Å². The number of fused-ring (bicyclic) bond motifs is 15. The van der Waals surface area contributed by atoms with Crippen LogP contribution < -0.4 is 0 Å². The Hall–Kier alpha value is -6.97. The lowest BCUT2D eigenvalue weighted by atomic mass is 9.65. The summed E-state index contributed by atoms with van der Waals surface area (Å²) in [6.07, 6.45) is 6.49. The highest BCUT2D eigenvalue weighted by molar-refractivity contribution is 6.10. The number of furan rings is 1. The second kappa shape index (κ2) is 10.5. The zero-order valence-electron chi connectivity index (χ0n) is 28.6. The average molecular weight is 675 g/mol. The lowest BCUT2D eigenvalue weighted by Gasteiger charge is -2.35. The molecule has 0 N–H and O–H groups in total. The monoisotopic (exact) mass is 674 g/mol. The maximum atomic E-state index is 6.49. The van der Waals surface area contributed by atoms with Gasteiger partial charge >= 0.3 is 0 Å². The molecule has 0 fully saturated rings. The molecule has 0 radical (unpaired) electrons. The number of para-hydroxylation sites is 2. The van der Waals surface area contributed by atoms with Crippen LogP contribution in [0.4, 0.5) is 0 Å². The van der Waals surface area contributed by atoms with E-state index in [1.54, 1.807) is 0 Å². The molecule has 0 aliphatic heterocycles. The van der Waals surface area contributed by atoms with Crippen molar-refractivity contribution in [1.29, 1.82) is 0 Å². The van der Waals surface area contributed by atoms with E-state index in [1.807, 2.05) is 18.3 Å². The summed E-state index contributed by atoms with van der Waals surface area (Å²) >= 11 is 0. The summed E-state index contributed by atoms with van der Waals surface area (Å²) in [4.78, 5) is 4.86. The van der Waals surface area contributed by atoms with Crippen LogP contribution in [0.5, 0.6) is 0 Å². The van der Waals surface area contributed by atoms with Crippen molar-refractivity contribution in [3.8, 4) is 27.9 Å². The van der Waals surface area contributed by atoms with Crippen molar-refractivity contribution >= 4 is 56.0 Å². The van der Waals surface area contributed by atoms with Crippen molar-refractivity contribution < 1.29 is 4.42 Å². The van der Waals surface area contributed by atoms with Gasteiger partial charge in [-0.25, -0.2) is 4.98 Å². The molecule has 1 spiro atoms. The van der Waals surface area contributed by atoms with E-state index >= 15 is 0 Å². The normalized spacial score (nSPS) is 15.5. The summed E-state index contributed by atoms with van der Waals surface area (Å²) in [5.74, 6) is 0. The number of rotatable bonds is 2. The van der Waals surface area contributed by atoms with Gasteiger partial charge in [0, 0.05) is 33.4 Å². The standard InChI is InChI=1S/C50H30N2O/c1-2-12-35(13-3-1)52-46-25-24-33(27-40(46)38-16-10-26-51-49(38)52)34-23-22-32-21-20-31-11-4-7-17-42(31)50(44(32)28-34)43-18-8-5-14-36(43)39-30-48-41(29-45(39)50)37-15-6-9-19-47(37)53-48/h1-30H. The molecule has 10 aromatic rings. The minimum Gasteiger partial charge on any atom is -0.456 e. The number of pyridine rings is 1. The molecule has 0 saturated heterocycles. The van der Waals surface area contributed by atoms with Crippen LogP contribution in [0, 0.1) is 0 Å². The van der Waals surface area contributed by atoms with Crippen LogP contribution in [0.2, 0.25) is 0 Å². The third-order valence-corrected chi connectivity index (χ3v) is 11.7. The molecule has 1 unspecified atom stereocenters. The summed E-state index contributed by atoms with van der Waals surface area (Å²) in [5, 5.41) is 4.62. The first-order chi connectivity index (χ1) is 26.3. The number of aromatic nitrogens is 2. The Labute approximate surface area is 305 Å². The van der Waals surface area contributed by atoms with E-state index in [0.717, 1.165) is 44.2 Å². The first-order valence-corrected chi connectivity index (χ1v) is 18.2. The van der Waals surface area contributed by atoms with Gasteiger partial charge < -0.3 is 4.42 Å². The Balaban J connectivity index is 1.16. The number of benzene rings is 7. The predicted molar refractivity (Wildman–Crippen MR) is 218 cm³/mol. The maximum Gasteiger partial charge on any atom is 0.145 e. The fraction of sp³-hybridized carbons (Fsp3) is 0.0200. The van der Waals surface area contributed by atoms with Gasteiger partial charge in [-0.15, -0.1) is 0 Å². The van der Waals surface area contributed by atoms with Gasteiger partial charge in [-0.1, -0.05) is 115 Å². The van der Waals surface area contributed by atoms with E-state index < -0.39 is 5.41 Å². The lowest BCUT2D eigenvalue weighted by molar-refractivity contribution is 0.668. The van der Waals surface area contributed by atoms with E-state index in [-0.39, 0.29) is 0 Å². The molecule has 12 rings (SSSR count). The van der Waals surface area contributed by atoms with Gasteiger partial charge in [-0.2, -0.15) is 0 Å². The smallest absolute Gasteiger partial charge is 0.145 e. The largest absolute Gasteiger partial charge is 0.456 e. The number of hydrogen-bond donors (Lipinski definition) is 0. The van der Waals surface area contributed by atoms with Crippen molar-refractivity contribution in [2.45, 2.75) is 5.41 Å². The van der Waals surface area contributed by atoms with Crippen LogP contribution in [0.3, 0.4) is 0 Å². The zero-order valence-corrected chi connectivity index (χ0v) is 28.6. The summed E-state index contributed by atoms with van der Waals surface area (Å²) in [6.45, 7) is 0. The van der Waals surface area contributed by atoms with Gasteiger partial charge in [-0.3, -0.25) is 4.57 Å². The highest BCUT2D eigenvalue weighted by Crippen LogP contribution is 2.60. The van der Waals surface area contributed by atoms with Crippen LogP contribution in [-0.4, -0.2) is 9.55 Å². The molecule has 0 bridgehead atoms. The Morgan fingerprint density at radius 3 is 2.11 bits per heavy atom. The van der Waals surface area contributed by atoms with Crippen LogP contribution in [0.1, 0.15) is 33.4 Å². The zero-order chi connectivity index (χ0) is 34.7. The van der Waals surface area contributed by atoms with Crippen molar-refractivity contribution in [1.82, 2.24) is 9.55 Å². The van der Waals surface area contributed by atoms with Gasteiger partial charge in [0.05, 0.1) is 10.9 Å². The van der Waals surface area contributed by atoms with Crippen LogP contribution in [0.25, 0.3) is 84.0 Å². The second-order valence-corrected chi connectivity index (χ2v) is 14.3. The minimum atomic E-state index is -0.554. The molecule has 2 aliphatic carbocycles. The van der Waals surface area contributed by atoms with Crippen molar-refractivity contribution in [2.75, 3.05) is 0 Å². The molecule has 246 valence electrons. The summed E-state index contributed by atoms with van der Waals surface area (Å²) in [5.41, 5.74) is 16.9. The fourth-order valence-corrected chi connectivity index (χ4v) is 9.45. The topological polar surface area (TPSA) is 31.0 Å².